The highest BCUT2D eigenvalue weighted by Gasteiger charge is 2.32. The zero-order valence-electron chi connectivity index (χ0n) is 23.6. The van der Waals surface area contributed by atoms with Crippen LogP contribution in [0.5, 0.6) is 0 Å². The van der Waals surface area contributed by atoms with Gasteiger partial charge in [-0.15, -0.1) is 0 Å². The maximum atomic E-state index is 13.3. The van der Waals surface area contributed by atoms with E-state index in [1.54, 1.807) is 44.0 Å². The highest BCUT2D eigenvalue weighted by molar-refractivity contribution is 7.92. The molecule has 0 unspecified atom stereocenters. The fourth-order valence-electron chi connectivity index (χ4n) is 4.37. The molecule has 0 radical (unpaired) electrons. The lowest BCUT2D eigenvalue weighted by atomic mass is 9.98. The minimum Gasteiger partial charge on any atom is -0.357 e. The maximum absolute atomic E-state index is 13.3. The lowest BCUT2D eigenvalue weighted by molar-refractivity contribution is -0.143. The summed E-state index contributed by atoms with van der Waals surface area (Å²) < 4.78 is 34.2. The Bertz CT molecular complexity index is 1410. The molecular weight excluding hydrogens is 516 g/mol. The average molecular weight is 555 g/mol. The number of nitrogens with one attached hydrogen (secondary N) is 2. The smallest absolute Gasteiger partial charge is 0.264 e. The maximum Gasteiger partial charge on any atom is 0.264 e. The normalized spacial score (nSPS) is 12.4. The van der Waals surface area contributed by atoms with Gasteiger partial charge in [0.1, 0.15) is 6.04 Å². The summed E-state index contributed by atoms with van der Waals surface area (Å²) in [6.45, 7) is 11.5. The molecule has 2 N–H and O–H groups in total. The molecule has 210 valence electrons. The van der Waals surface area contributed by atoms with Crippen LogP contribution in [0.2, 0.25) is 0 Å². The number of nitrogens with zero attached hydrogens (tertiary/aromatic N) is 2. The first-order valence-electron chi connectivity index (χ1n) is 13.0. The van der Waals surface area contributed by atoms with Crippen molar-refractivity contribution in [3.8, 4) is 11.1 Å². The Kier molecular flexibility index (Phi) is 9.55. The number of likely N-dealkylation sites (N-methyl/N-ethyl adjacent to an activating group) is 1. The zero-order valence-corrected chi connectivity index (χ0v) is 24.4. The predicted molar refractivity (Wildman–Crippen MR) is 151 cm³/mol. The highest BCUT2D eigenvalue weighted by atomic mass is 32.2. The Morgan fingerprint density at radius 1 is 1.00 bits per heavy atom. The van der Waals surface area contributed by atoms with Crippen molar-refractivity contribution in [2.75, 3.05) is 11.8 Å². The molecule has 0 fully saturated rings. The number of sulfonamides is 1. The fraction of sp³-hybridized carbons (Fsp3) is 0.414. The van der Waals surface area contributed by atoms with E-state index in [4.69, 9.17) is 4.52 Å². The largest absolute Gasteiger partial charge is 0.357 e. The number of rotatable bonds is 11. The van der Waals surface area contributed by atoms with E-state index in [9.17, 15) is 18.0 Å². The van der Waals surface area contributed by atoms with Gasteiger partial charge in [0.15, 0.2) is 0 Å². The van der Waals surface area contributed by atoms with E-state index in [0.29, 0.717) is 28.8 Å². The van der Waals surface area contributed by atoms with Crippen LogP contribution in [0.3, 0.4) is 0 Å². The molecule has 0 aliphatic heterocycles. The van der Waals surface area contributed by atoms with Gasteiger partial charge in [-0.1, -0.05) is 75.3 Å². The number of hydrogen-bond acceptors (Lipinski definition) is 6. The summed E-state index contributed by atoms with van der Waals surface area (Å²) in [4.78, 5) is 27.7. The molecule has 2 amide bonds. The third-order valence-electron chi connectivity index (χ3n) is 6.56. The van der Waals surface area contributed by atoms with Crippen molar-refractivity contribution in [3.63, 3.8) is 0 Å². The van der Waals surface area contributed by atoms with Gasteiger partial charge >= 0.3 is 0 Å². The van der Waals surface area contributed by atoms with Crippen molar-refractivity contribution in [2.24, 2.45) is 11.8 Å². The molecule has 3 aromatic rings. The third kappa shape index (κ3) is 7.06. The minimum atomic E-state index is -3.97. The Balaban J connectivity index is 1.93. The van der Waals surface area contributed by atoms with Crippen LogP contribution >= 0.6 is 0 Å². The number of amides is 2. The number of carbonyl (C=O) groups is 2. The molecule has 10 heteroatoms. The van der Waals surface area contributed by atoms with Gasteiger partial charge in [0.25, 0.3) is 10.0 Å². The SMILES string of the molecule is CNC(=O)[C@H](C(C)C)N(Cc1ccc(-c2ccccc2S(=O)(=O)Nc2onc(C)c2C)cc1)C(=O)CC(C)C. The number of aromatic nitrogens is 1. The van der Waals surface area contributed by atoms with Crippen LogP contribution in [0.25, 0.3) is 11.1 Å². The Morgan fingerprint density at radius 3 is 2.18 bits per heavy atom. The molecule has 1 heterocycles. The summed E-state index contributed by atoms with van der Waals surface area (Å²) in [5.74, 6) is -0.141. The Labute approximate surface area is 231 Å². The molecule has 9 nitrogen and oxygen atoms in total. The summed E-state index contributed by atoms with van der Waals surface area (Å²) in [6, 6.07) is 13.4. The number of aryl methyl sites for hydroxylation is 1. The van der Waals surface area contributed by atoms with Crippen LogP contribution in [0.1, 0.15) is 50.9 Å². The topological polar surface area (TPSA) is 122 Å². The van der Waals surface area contributed by atoms with E-state index < -0.39 is 16.1 Å². The number of anilines is 1. The van der Waals surface area contributed by atoms with Gasteiger partial charge in [-0.2, -0.15) is 0 Å². The molecule has 1 aromatic heterocycles. The highest BCUT2D eigenvalue weighted by Crippen LogP contribution is 2.30. The van der Waals surface area contributed by atoms with Gasteiger partial charge < -0.3 is 14.7 Å². The molecule has 1 atom stereocenters. The predicted octanol–water partition coefficient (Wildman–Crippen LogP) is 4.90. The molecular formula is C29H38N4O5S. The molecule has 3 rings (SSSR count). The van der Waals surface area contributed by atoms with Gasteiger partial charge in [0.2, 0.25) is 17.7 Å². The Hall–Kier alpha value is -3.66. The number of benzene rings is 2. The molecule has 0 aliphatic carbocycles. The molecule has 0 saturated heterocycles. The summed E-state index contributed by atoms with van der Waals surface area (Å²) in [6.07, 6.45) is 0.334. The van der Waals surface area contributed by atoms with Crippen molar-refractivity contribution < 1.29 is 22.5 Å². The summed E-state index contributed by atoms with van der Waals surface area (Å²) in [5.41, 5.74) is 3.26. The molecule has 0 bridgehead atoms. The molecule has 0 aliphatic rings. The first kappa shape index (κ1) is 29.9. The van der Waals surface area contributed by atoms with E-state index in [-0.39, 0.29) is 41.0 Å². The second kappa shape index (κ2) is 12.5. The standard InChI is InChI=1S/C29H38N4O5S/c1-18(2)16-26(34)33(27(19(3)4)28(35)30-7)17-22-12-14-23(15-13-22)24-10-8-9-11-25(24)39(36,37)32-29-20(5)21(6)31-38-29/h8-15,18-19,27,32H,16-17H2,1-7H3,(H,30,35)/t27-/m0/s1. The van der Waals surface area contributed by atoms with Crippen molar-refractivity contribution in [2.45, 2.75) is 65.4 Å². The Morgan fingerprint density at radius 2 is 1.64 bits per heavy atom. The van der Waals surface area contributed by atoms with Crippen LogP contribution in [-0.4, -0.2) is 43.4 Å². The monoisotopic (exact) mass is 554 g/mol. The van der Waals surface area contributed by atoms with E-state index in [2.05, 4.69) is 15.2 Å². The van der Waals surface area contributed by atoms with Crippen molar-refractivity contribution >= 4 is 27.7 Å². The van der Waals surface area contributed by atoms with Gasteiger partial charge in [0.05, 0.1) is 10.6 Å². The van der Waals surface area contributed by atoms with Crippen molar-refractivity contribution in [1.82, 2.24) is 15.4 Å². The summed E-state index contributed by atoms with van der Waals surface area (Å²) in [7, 11) is -2.40. The fourth-order valence-corrected chi connectivity index (χ4v) is 5.65. The molecule has 0 spiro atoms. The second-order valence-electron chi connectivity index (χ2n) is 10.4. The average Bonchev–Trinajstić information content (AvgIpc) is 3.19. The van der Waals surface area contributed by atoms with E-state index in [1.165, 1.54) is 6.07 Å². The molecule has 2 aromatic carbocycles. The van der Waals surface area contributed by atoms with Crippen molar-refractivity contribution in [3.05, 3.63) is 65.4 Å². The van der Waals surface area contributed by atoms with Gasteiger partial charge in [0, 0.05) is 31.1 Å². The first-order valence-corrected chi connectivity index (χ1v) is 14.5. The van der Waals surface area contributed by atoms with Crippen LogP contribution in [0.15, 0.2) is 57.9 Å². The van der Waals surface area contributed by atoms with Crippen molar-refractivity contribution in [1.29, 1.82) is 0 Å². The first-order chi connectivity index (χ1) is 18.4. The number of carbonyl (C=O) groups excluding carboxylic acids is 2. The third-order valence-corrected chi connectivity index (χ3v) is 7.95. The van der Waals surface area contributed by atoms with Gasteiger partial charge in [-0.25, -0.2) is 13.1 Å². The van der Waals surface area contributed by atoms with Crippen LogP contribution in [-0.2, 0) is 26.2 Å². The van der Waals surface area contributed by atoms with Gasteiger partial charge in [-0.3, -0.25) is 9.59 Å². The quantitative estimate of drug-likeness (QED) is 0.348. The van der Waals surface area contributed by atoms with E-state index in [1.807, 2.05) is 52.0 Å². The van der Waals surface area contributed by atoms with E-state index in [0.717, 1.165) is 5.56 Å². The van der Waals surface area contributed by atoms with Crippen LogP contribution in [0, 0.1) is 25.7 Å². The lowest BCUT2D eigenvalue weighted by Crippen LogP contribution is -2.51. The minimum absolute atomic E-state index is 0.0818. The summed E-state index contributed by atoms with van der Waals surface area (Å²) in [5, 5.41) is 6.51. The number of hydrogen-bond donors (Lipinski definition) is 2. The van der Waals surface area contributed by atoms with Gasteiger partial charge in [-0.05, 0) is 42.9 Å². The zero-order chi connectivity index (χ0) is 28.9. The molecule has 0 saturated carbocycles. The second-order valence-corrected chi connectivity index (χ2v) is 12.1. The lowest BCUT2D eigenvalue weighted by Gasteiger charge is -2.34. The van der Waals surface area contributed by atoms with E-state index >= 15 is 0 Å². The van der Waals surface area contributed by atoms with Crippen LogP contribution < -0.4 is 10.0 Å². The summed E-state index contributed by atoms with van der Waals surface area (Å²) >= 11 is 0. The molecule has 39 heavy (non-hydrogen) atoms. The van der Waals surface area contributed by atoms with Crippen LogP contribution in [0.4, 0.5) is 5.88 Å².